The molecule has 0 fully saturated rings. The van der Waals surface area contributed by atoms with Gasteiger partial charge in [-0.05, 0) is 48.9 Å². The topological polar surface area (TPSA) is 73.6 Å². The number of fused-ring (bicyclic) bond motifs is 2. The Hall–Kier alpha value is -3.86. The average molecular weight is 366 g/mol. The van der Waals surface area contributed by atoms with Crippen LogP contribution in [-0.2, 0) is 0 Å². The number of anilines is 1. The molecule has 28 heavy (non-hydrogen) atoms. The SMILES string of the molecule is Cc1cc2[nH]ccc2cc1C(=O)Nc1ccc2[nH]nc(-c3ccccc3)c2c1. The molecule has 0 spiro atoms. The summed E-state index contributed by atoms with van der Waals surface area (Å²) < 4.78 is 0. The molecule has 3 aromatic carbocycles. The van der Waals surface area contributed by atoms with E-state index >= 15 is 0 Å². The van der Waals surface area contributed by atoms with Crippen LogP contribution in [0.4, 0.5) is 5.69 Å². The first kappa shape index (κ1) is 16.3. The van der Waals surface area contributed by atoms with E-state index < -0.39 is 0 Å². The zero-order valence-corrected chi connectivity index (χ0v) is 15.3. The van der Waals surface area contributed by atoms with Crippen molar-refractivity contribution in [1.82, 2.24) is 15.2 Å². The number of aryl methyl sites for hydroxylation is 1. The first-order valence-electron chi connectivity index (χ1n) is 9.12. The van der Waals surface area contributed by atoms with Crippen molar-refractivity contribution in [2.45, 2.75) is 6.92 Å². The molecule has 0 aliphatic carbocycles. The van der Waals surface area contributed by atoms with Crippen LogP contribution in [0.2, 0.25) is 0 Å². The van der Waals surface area contributed by atoms with Gasteiger partial charge in [-0.15, -0.1) is 0 Å². The van der Waals surface area contributed by atoms with Crippen molar-refractivity contribution in [3.63, 3.8) is 0 Å². The third-order valence-electron chi connectivity index (χ3n) is 5.01. The maximum atomic E-state index is 12.9. The van der Waals surface area contributed by atoms with Crippen molar-refractivity contribution in [2.75, 3.05) is 5.32 Å². The number of nitrogens with one attached hydrogen (secondary N) is 3. The number of aromatic amines is 2. The molecule has 0 atom stereocenters. The quantitative estimate of drug-likeness (QED) is 0.407. The predicted octanol–water partition coefficient (Wildman–Crippen LogP) is 5.27. The molecule has 3 N–H and O–H groups in total. The largest absolute Gasteiger partial charge is 0.361 e. The summed E-state index contributed by atoms with van der Waals surface area (Å²) in [6, 6.07) is 21.7. The van der Waals surface area contributed by atoms with E-state index in [0.717, 1.165) is 44.3 Å². The fraction of sp³-hybridized carbons (Fsp3) is 0.0435. The highest BCUT2D eigenvalue weighted by Gasteiger charge is 2.13. The first-order chi connectivity index (χ1) is 13.7. The number of aromatic nitrogens is 3. The normalized spacial score (nSPS) is 11.2. The van der Waals surface area contributed by atoms with E-state index in [-0.39, 0.29) is 5.91 Å². The molecule has 5 nitrogen and oxygen atoms in total. The lowest BCUT2D eigenvalue weighted by Gasteiger charge is -2.09. The number of carbonyl (C=O) groups excluding carboxylic acids is 1. The second kappa shape index (κ2) is 6.39. The van der Waals surface area contributed by atoms with E-state index in [2.05, 4.69) is 20.5 Å². The molecular weight excluding hydrogens is 348 g/mol. The van der Waals surface area contributed by atoms with Gasteiger partial charge in [-0.25, -0.2) is 0 Å². The van der Waals surface area contributed by atoms with Gasteiger partial charge in [-0.2, -0.15) is 5.10 Å². The van der Waals surface area contributed by atoms with Gasteiger partial charge >= 0.3 is 0 Å². The zero-order chi connectivity index (χ0) is 19.1. The van der Waals surface area contributed by atoms with Crippen LogP contribution in [-0.4, -0.2) is 21.1 Å². The Kier molecular flexibility index (Phi) is 3.72. The summed E-state index contributed by atoms with van der Waals surface area (Å²) in [5, 5.41) is 12.5. The molecule has 5 aromatic rings. The summed E-state index contributed by atoms with van der Waals surface area (Å²) in [5.74, 6) is -0.121. The van der Waals surface area contributed by atoms with Crippen molar-refractivity contribution in [1.29, 1.82) is 0 Å². The minimum absolute atomic E-state index is 0.121. The van der Waals surface area contributed by atoms with E-state index in [1.807, 2.05) is 79.9 Å². The second-order valence-corrected chi connectivity index (χ2v) is 6.88. The van der Waals surface area contributed by atoms with Gasteiger partial charge in [-0.1, -0.05) is 30.3 Å². The number of hydrogen-bond donors (Lipinski definition) is 3. The number of hydrogen-bond acceptors (Lipinski definition) is 2. The van der Waals surface area contributed by atoms with Crippen LogP contribution in [0.25, 0.3) is 33.1 Å². The Bertz CT molecular complexity index is 1310. The summed E-state index contributed by atoms with van der Waals surface area (Å²) in [4.78, 5) is 16.1. The highest BCUT2D eigenvalue weighted by Crippen LogP contribution is 2.28. The van der Waals surface area contributed by atoms with Gasteiger partial charge in [0.1, 0.15) is 0 Å². The van der Waals surface area contributed by atoms with Crippen LogP contribution < -0.4 is 5.32 Å². The molecule has 1 amide bonds. The van der Waals surface area contributed by atoms with E-state index in [1.54, 1.807) is 0 Å². The first-order valence-corrected chi connectivity index (χ1v) is 9.12. The lowest BCUT2D eigenvalue weighted by Crippen LogP contribution is -2.13. The Labute approximate surface area is 161 Å². The van der Waals surface area contributed by atoms with Crippen molar-refractivity contribution in [3.8, 4) is 11.3 Å². The minimum atomic E-state index is -0.121. The van der Waals surface area contributed by atoms with E-state index in [0.29, 0.717) is 5.56 Å². The van der Waals surface area contributed by atoms with Crippen LogP contribution in [0.15, 0.2) is 72.9 Å². The highest BCUT2D eigenvalue weighted by molar-refractivity contribution is 6.08. The predicted molar refractivity (Wildman–Crippen MR) is 113 cm³/mol. The van der Waals surface area contributed by atoms with Gasteiger partial charge < -0.3 is 10.3 Å². The van der Waals surface area contributed by atoms with E-state index in [4.69, 9.17) is 0 Å². The van der Waals surface area contributed by atoms with Crippen LogP contribution >= 0.6 is 0 Å². The number of carbonyl (C=O) groups is 1. The van der Waals surface area contributed by atoms with Crippen molar-refractivity contribution in [3.05, 3.63) is 84.1 Å². The molecule has 0 saturated heterocycles. The summed E-state index contributed by atoms with van der Waals surface area (Å²) in [7, 11) is 0. The van der Waals surface area contributed by atoms with Gasteiger partial charge in [0.2, 0.25) is 0 Å². The number of rotatable bonds is 3. The molecule has 5 heteroatoms. The van der Waals surface area contributed by atoms with E-state index in [1.165, 1.54) is 0 Å². The lowest BCUT2D eigenvalue weighted by atomic mass is 10.0. The number of amides is 1. The monoisotopic (exact) mass is 366 g/mol. The number of H-pyrrole nitrogens is 2. The minimum Gasteiger partial charge on any atom is -0.361 e. The number of nitrogens with zero attached hydrogens (tertiary/aromatic N) is 1. The molecule has 0 saturated carbocycles. The average Bonchev–Trinajstić information content (AvgIpc) is 3.34. The lowest BCUT2D eigenvalue weighted by molar-refractivity contribution is 0.102. The zero-order valence-electron chi connectivity index (χ0n) is 15.3. The standard InChI is InChI=1S/C23H18N4O/c1-14-11-21-16(9-10-24-21)12-18(14)23(28)25-17-7-8-20-19(13-17)22(27-26-20)15-5-3-2-4-6-15/h2-13,24H,1H3,(H,25,28)(H,26,27). The third-order valence-corrected chi connectivity index (χ3v) is 5.01. The van der Waals surface area contributed by atoms with Gasteiger partial charge in [0, 0.05) is 39.3 Å². The molecule has 0 aliphatic rings. The summed E-state index contributed by atoms with van der Waals surface area (Å²) >= 11 is 0. The molecule has 0 radical (unpaired) electrons. The molecule has 136 valence electrons. The third kappa shape index (κ3) is 2.74. The maximum Gasteiger partial charge on any atom is 0.255 e. The Morgan fingerprint density at radius 1 is 0.964 bits per heavy atom. The van der Waals surface area contributed by atoms with Gasteiger partial charge in [0.15, 0.2) is 0 Å². The Morgan fingerprint density at radius 3 is 2.68 bits per heavy atom. The maximum absolute atomic E-state index is 12.9. The molecule has 2 heterocycles. The molecule has 0 bridgehead atoms. The fourth-order valence-corrected chi connectivity index (χ4v) is 3.56. The summed E-state index contributed by atoms with van der Waals surface area (Å²) in [6.07, 6.45) is 1.88. The van der Waals surface area contributed by atoms with Crippen LogP contribution in [0.3, 0.4) is 0 Å². The van der Waals surface area contributed by atoms with Crippen LogP contribution in [0, 0.1) is 6.92 Å². The number of benzene rings is 3. The van der Waals surface area contributed by atoms with Crippen molar-refractivity contribution in [2.24, 2.45) is 0 Å². The van der Waals surface area contributed by atoms with Gasteiger partial charge in [0.05, 0.1) is 11.2 Å². The van der Waals surface area contributed by atoms with Crippen molar-refractivity contribution >= 4 is 33.4 Å². The van der Waals surface area contributed by atoms with E-state index in [9.17, 15) is 4.79 Å². The summed E-state index contributed by atoms with van der Waals surface area (Å²) in [5.41, 5.74) is 6.21. The Balaban J connectivity index is 1.50. The molecule has 2 aromatic heterocycles. The smallest absolute Gasteiger partial charge is 0.255 e. The Morgan fingerprint density at radius 2 is 1.82 bits per heavy atom. The second-order valence-electron chi connectivity index (χ2n) is 6.88. The molecular formula is C23H18N4O. The van der Waals surface area contributed by atoms with Crippen LogP contribution in [0.1, 0.15) is 15.9 Å². The van der Waals surface area contributed by atoms with Gasteiger partial charge in [0.25, 0.3) is 5.91 Å². The molecule has 0 unspecified atom stereocenters. The molecule has 0 aliphatic heterocycles. The van der Waals surface area contributed by atoms with Gasteiger partial charge in [-0.3, -0.25) is 9.89 Å². The highest BCUT2D eigenvalue weighted by atomic mass is 16.1. The molecule has 5 rings (SSSR count). The van der Waals surface area contributed by atoms with Crippen LogP contribution in [0.5, 0.6) is 0 Å². The summed E-state index contributed by atoms with van der Waals surface area (Å²) in [6.45, 7) is 1.95. The fourth-order valence-electron chi connectivity index (χ4n) is 3.56. The van der Waals surface area contributed by atoms with Crippen molar-refractivity contribution < 1.29 is 4.79 Å².